The van der Waals surface area contributed by atoms with E-state index in [-0.39, 0.29) is 27.9 Å². The summed E-state index contributed by atoms with van der Waals surface area (Å²) in [6.45, 7) is 12.5. The van der Waals surface area contributed by atoms with E-state index >= 15 is 0 Å². The van der Waals surface area contributed by atoms with Gasteiger partial charge in [-0.3, -0.25) is 0 Å². The molecule has 0 heterocycles. The van der Waals surface area contributed by atoms with Gasteiger partial charge in [0.25, 0.3) is 0 Å². The van der Waals surface area contributed by atoms with Crippen LogP contribution in [0.4, 0.5) is 0 Å². The second-order valence-corrected chi connectivity index (χ2v) is 15.3. The molecule has 0 unspecified atom stereocenters. The highest BCUT2D eigenvalue weighted by molar-refractivity contribution is 7.87. The maximum absolute atomic E-state index is 12.7. The molecule has 0 bridgehead atoms. The molecule has 0 aromatic heterocycles. The first-order valence-electron chi connectivity index (χ1n) is 10.1. The minimum atomic E-state index is -4.01. The van der Waals surface area contributed by atoms with E-state index in [2.05, 4.69) is 33.9 Å². The van der Waals surface area contributed by atoms with Crippen molar-refractivity contribution in [2.24, 2.45) is 0 Å². The van der Waals surface area contributed by atoms with Crippen LogP contribution in [0.15, 0.2) is 47.4 Å². The van der Waals surface area contributed by atoms with E-state index < -0.39 is 24.5 Å². The highest BCUT2D eigenvalue weighted by atomic mass is 32.2. The molecule has 2 aromatic rings. The minimum Gasteiger partial charge on any atom is -0.493 e. The van der Waals surface area contributed by atoms with Crippen LogP contribution in [-0.2, 0) is 19.3 Å². The number of carbonyl (C=O) groups excluding carboxylic acids is 1. The Bertz CT molecular complexity index is 1010. The van der Waals surface area contributed by atoms with Gasteiger partial charge in [0.1, 0.15) is 11.2 Å². The summed E-state index contributed by atoms with van der Waals surface area (Å²) in [7, 11) is -4.72. The molecule has 0 fully saturated rings. The number of carbonyl (C=O) groups is 1. The van der Waals surface area contributed by atoms with Crippen LogP contribution in [0.3, 0.4) is 0 Å². The fraction of sp³-hybridized carbons (Fsp3) is 0.435. The summed E-state index contributed by atoms with van der Waals surface area (Å²) in [4.78, 5) is 11.4. The van der Waals surface area contributed by atoms with E-state index in [1.54, 1.807) is 24.3 Å². The van der Waals surface area contributed by atoms with Crippen LogP contribution in [0.1, 0.15) is 44.4 Å². The molecule has 0 radical (unpaired) electrons. The van der Waals surface area contributed by atoms with Crippen molar-refractivity contribution in [3.05, 3.63) is 53.6 Å². The Balaban J connectivity index is 2.36. The molecule has 0 aliphatic carbocycles. The summed E-state index contributed by atoms with van der Waals surface area (Å²) in [6.07, 6.45) is 0.573. The predicted molar refractivity (Wildman–Crippen MR) is 124 cm³/mol. The first-order valence-corrected chi connectivity index (χ1v) is 14.4. The Hall–Kier alpha value is -2.16. The average molecular weight is 465 g/mol. The summed E-state index contributed by atoms with van der Waals surface area (Å²) in [5.41, 5.74) is 1.68. The van der Waals surface area contributed by atoms with E-state index in [1.807, 2.05) is 6.92 Å². The number of aryl methyl sites for hydroxylation is 1. The third-order valence-electron chi connectivity index (χ3n) is 5.62. The Morgan fingerprint density at radius 1 is 1.03 bits per heavy atom. The third kappa shape index (κ3) is 6.18. The largest absolute Gasteiger partial charge is 0.493 e. The Labute approximate surface area is 186 Å². The molecule has 8 heteroatoms. The lowest BCUT2D eigenvalue weighted by Gasteiger charge is -2.39. The predicted octanol–water partition coefficient (Wildman–Crippen LogP) is 5.42. The fourth-order valence-electron chi connectivity index (χ4n) is 2.70. The summed E-state index contributed by atoms with van der Waals surface area (Å²) in [6, 6.07) is 11.3. The number of methoxy groups -OCH3 is 1. The number of rotatable bonds is 9. The Kier molecular flexibility index (Phi) is 7.73. The van der Waals surface area contributed by atoms with Crippen molar-refractivity contribution in [1.29, 1.82) is 0 Å². The molecule has 0 saturated heterocycles. The van der Waals surface area contributed by atoms with Gasteiger partial charge in [-0.15, -0.1) is 0 Å². The lowest BCUT2D eigenvalue weighted by molar-refractivity contribution is -0.109. The topological polar surface area (TPSA) is 78.9 Å². The second kappa shape index (κ2) is 9.54. The Morgan fingerprint density at radius 2 is 1.65 bits per heavy atom. The van der Waals surface area contributed by atoms with Gasteiger partial charge >= 0.3 is 10.1 Å². The SMILES string of the molecule is COc1cc([C@@H](CC=O)O[Si](C)(C)C(C)(C)C)ccc1OS(=O)(=O)c1ccc(C)cc1. The minimum absolute atomic E-state index is 0.0244. The van der Waals surface area contributed by atoms with E-state index in [1.165, 1.54) is 25.3 Å². The van der Waals surface area contributed by atoms with Crippen LogP contribution in [0, 0.1) is 6.92 Å². The summed E-state index contributed by atoms with van der Waals surface area (Å²) < 4.78 is 42.5. The van der Waals surface area contributed by atoms with Crippen molar-refractivity contribution >= 4 is 24.7 Å². The van der Waals surface area contributed by atoms with Gasteiger partial charge < -0.3 is 18.1 Å². The lowest BCUT2D eigenvalue weighted by Crippen LogP contribution is -2.41. The van der Waals surface area contributed by atoms with Crippen LogP contribution in [0.2, 0.25) is 18.1 Å². The third-order valence-corrected chi connectivity index (χ3v) is 11.4. The summed E-state index contributed by atoms with van der Waals surface area (Å²) in [5, 5.41) is -0.0244. The summed E-state index contributed by atoms with van der Waals surface area (Å²) >= 11 is 0. The monoisotopic (exact) mass is 464 g/mol. The molecule has 0 aliphatic heterocycles. The number of benzene rings is 2. The highest BCUT2D eigenvalue weighted by Gasteiger charge is 2.39. The fourth-order valence-corrected chi connectivity index (χ4v) is 4.93. The van der Waals surface area contributed by atoms with Gasteiger partial charge in [-0.05, 0) is 54.9 Å². The first kappa shape index (κ1) is 25.1. The molecule has 6 nitrogen and oxygen atoms in total. The van der Waals surface area contributed by atoms with Gasteiger partial charge in [0.15, 0.2) is 19.8 Å². The van der Waals surface area contributed by atoms with Crippen molar-refractivity contribution in [2.45, 2.75) is 63.2 Å². The van der Waals surface area contributed by atoms with Crippen molar-refractivity contribution in [2.75, 3.05) is 7.11 Å². The molecule has 0 amide bonds. The molecule has 0 N–H and O–H groups in total. The van der Waals surface area contributed by atoms with Crippen molar-refractivity contribution < 1.29 is 26.6 Å². The van der Waals surface area contributed by atoms with E-state index in [0.717, 1.165) is 17.4 Å². The smallest absolute Gasteiger partial charge is 0.339 e. The number of hydrogen-bond acceptors (Lipinski definition) is 6. The zero-order valence-electron chi connectivity index (χ0n) is 19.3. The van der Waals surface area contributed by atoms with E-state index in [0.29, 0.717) is 0 Å². The molecular formula is C23H32O6SSi. The van der Waals surface area contributed by atoms with Crippen LogP contribution in [-0.4, -0.2) is 30.1 Å². The molecule has 1 atom stereocenters. The molecule has 0 saturated carbocycles. The zero-order valence-corrected chi connectivity index (χ0v) is 21.1. The van der Waals surface area contributed by atoms with Crippen LogP contribution in [0.5, 0.6) is 11.5 Å². The molecule has 170 valence electrons. The molecule has 2 rings (SSSR count). The zero-order chi connectivity index (χ0) is 23.4. The number of hydrogen-bond donors (Lipinski definition) is 0. The van der Waals surface area contributed by atoms with E-state index in [9.17, 15) is 13.2 Å². The van der Waals surface area contributed by atoms with E-state index in [4.69, 9.17) is 13.3 Å². The Morgan fingerprint density at radius 3 is 2.16 bits per heavy atom. The average Bonchev–Trinajstić information content (AvgIpc) is 2.67. The molecule has 31 heavy (non-hydrogen) atoms. The highest BCUT2D eigenvalue weighted by Crippen LogP contribution is 2.41. The number of ether oxygens (including phenoxy) is 1. The molecule has 0 aliphatic rings. The molecule has 0 spiro atoms. The quantitative estimate of drug-likeness (QED) is 0.280. The maximum Gasteiger partial charge on any atom is 0.339 e. The van der Waals surface area contributed by atoms with Crippen LogP contribution < -0.4 is 8.92 Å². The summed E-state index contributed by atoms with van der Waals surface area (Å²) in [5.74, 6) is 0.326. The lowest BCUT2D eigenvalue weighted by atomic mass is 10.1. The first-order chi connectivity index (χ1) is 14.3. The van der Waals surface area contributed by atoms with Crippen molar-refractivity contribution in [3.63, 3.8) is 0 Å². The van der Waals surface area contributed by atoms with Crippen LogP contribution >= 0.6 is 0 Å². The van der Waals surface area contributed by atoms with Gasteiger partial charge in [-0.2, -0.15) is 8.42 Å². The second-order valence-electron chi connectivity index (χ2n) is 9.03. The standard InChI is InChI=1S/C23H32O6SSi/c1-17-8-11-19(12-9-17)30(25,26)28-21-13-10-18(16-22(21)27-5)20(14-15-24)29-31(6,7)23(2,3)4/h8-13,15-16,20H,14H2,1-7H3/t20-/m1/s1. The maximum atomic E-state index is 12.7. The van der Waals surface area contributed by atoms with Crippen molar-refractivity contribution in [3.8, 4) is 11.5 Å². The van der Waals surface area contributed by atoms with Gasteiger partial charge in [0.2, 0.25) is 0 Å². The molecule has 2 aromatic carbocycles. The normalized spacial score (nSPS) is 13.5. The van der Waals surface area contributed by atoms with Gasteiger partial charge in [-0.1, -0.05) is 44.5 Å². The van der Waals surface area contributed by atoms with Gasteiger partial charge in [0, 0.05) is 6.42 Å². The van der Waals surface area contributed by atoms with Gasteiger partial charge in [0.05, 0.1) is 13.2 Å². The molecular weight excluding hydrogens is 432 g/mol. The van der Waals surface area contributed by atoms with Gasteiger partial charge in [-0.25, -0.2) is 0 Å². The van der Waals surface area contributed by atoms with Crippen molar-refractivity contribution in [1.82, 2.24) is 0 Å². The number of aldehydes is 1. The van der Waals surface area contributed by atoms with Crippen LogP contribution in [0.25, 0.3) is 0 Å².